The molecule has 0 spiro atoms. The van der Waals surface area contributed by atoms with Crippen LogP contribution < -0.4 is 10.2 Å². The number of nitrogens with one attached hydrogen (secondary N) is 2. The molecule has 2 aromatic carbocycles. The van der Waals surface area contributed by atoms with Crippen LogP contribution >= 0.6 is 0 Å². The number of H-pyrrole nitrogens is 1. The molecule has 1 fully saturated rings. The molecule has 5 rings (SSSR count). The summed E-state index contributed by atoms with van der Waals surface area (Å²) in [5.74, 6) is -2.13. The van der Waals surface area contributed by atoms with Gasteiger partial charge in [0.1, 0.15) is 6.10 Å². The van der Waals surface area contributed by atoms with Crippen molar-refractivity contribution in [2.45, 2.75) is 25.7 Å². The number of aromatic nitrogens is 6. The molecule has 1 amide bonds. The van der Waals surface area contributed by atoms with E-state index in [4.69, 9.17) is 4.74 Å². The number of rotatable bonds is 8. The minimum absolute atomic E-state index is 0.0738. The highest BCUT2D eigenvalue weighted by Gasteiger charge is 2.35. The fraction of sp³-hybridized carbons (Fsp3) is 0.227. The predicted octanol–water partition coefficient (Wildman–Crippen LogP) is 2.66. The first kappa shape index (κ1) is 21.6. The number of halogens is 2. The third kappa shape index (κ3) is 4.48. The molecule has 0 saturated carbocycles. The standard InChI is InChI=1S/C22H20F2N8O2/c23-20-18(15-3-1-14(2-4-15)9-25-10-16-11-27-29-28-16)5-6-19(21(20)24)32-13-17(34-22(32)33)12-31-8-7-26-30-31/h1-8,11,17,25H,9-10,12-13H2,(H,27,28,29). The van der Waals surface area contributed by atoms with E-state index in [0.717, 1.165) is 16.2 Å². The molecule has 3 heterocycles. The van der Waals surface area contributed by atoms with Crippen LogP contribution in [0, 0.1) is 11.6 Å². The van der Waals surface area contributed by atoms with Gasteiger partial charge in [0.25, 0.3) is 0 Å². The first-order valence-corrected chi connectivity index (χ1v) is 10.5. The lowest BCUT2D eigenvalue weighted by molar-refractivity contribution is 0.129. The van der Waals surface area contributed by atoms with Crippen molar-refractivity contribution in [2.75, 3.05) is 11.4 Å². The molecular formula is C22H20F2N8O2. The minimum atomic E-state index is -1.10. The van der Waals surface area contributed by atoms with Crippen LogP contribution in [0.2, 0.25) is 0 Å². The van der Waals surface area contributed by atoms with E-state index in [1.165, 1.54) is 23.0 Å². The van der Waals surface area contributed by atoms with Crippen LogP contribution in [0.25, 0.3) is 11.1 Å². The average molecular weight is 466 g/mol. The van der Waals surface area contributed by atoms with Crippen LogP contribution in [0.5, 0.6) is 0 Å². The number of cyclic esters (lactones) is 1. The summed E-state index contributed by atoms with van der Waals surface area (Å²) in [5.41, 5.74) is 2.23. The summed E-state index contributed by atoms with van der Waals surface area (Å²) in [5, 5.41) is 21.0. The average Bonchev–Trinajstić information content (AvgIpc) is 3.60. The molecule has 0 radical (unpaired) electrons. The Labute approximate surface area is 192 Å². The van der Waals surface area contributed by atoms with Crippen molar-refractivity contribution in [2.24, 2.45) is 0 Å². The number of nitrogens with zero attached hydrogens (tertiary/aromatic N) is 6. The van der Waals surface area contributed by atoms with Gasteiger partial charge in [0.15, 0.2) is 11.6 Å². The number of hydrogen-bond donors (Lipinski definition) is 2. The van der Waals surface area contributed by atoms with Crippen molar-refractivity contribution in [1.82, 2.24) is 35.7 Å². The van der Waals surface area contributed by atoms with Crippen LogP contribution in [0.1, 0.15) is 11.3 Å². The molecule has 12 heteroatoms. The summed E-state index contributed by atoms with van der Waals surface area (Å²) in [6.07, 6.45) is 3.48. The van der Waals surface area contributed by atoms with Gasteiger partial charge in [-0.2, -0.15) is 15.4 Å². The summed E-state index contributed by atoms with van der Waals surface area (Å²) in [6, 6.07) is 9.97. The van der Waals surface area contributed by atoms with E-state index in [0.29, 0.717) is 18.7 Å². The maximum atomic E-state index is 15.0. The van der Waals surface area contributed by atoms with Crippen molar-refractivity contribution in [3.63, 3.8) is 0 Å². The molecule has 1 saturated heterocycles. The Morgan fingerprint density at radius 3 is 2.71 bits per heavy atom. The third-order valence-electron chi connectivity index (χ3n) is 5.45. The van der Waals surface area contributed by atoms with E-state index < -0.39 is 23.8 Å². The van der Waals surface area contributed by atoms with Gasteiger partial charge >= 0.3 is 6.09 Å². The molecule has 4 aromatic rings. The summed E-state index contributed by atoms with van der Waals surface area (Å²) in [7, 11) is 0. The van der Waals surface area contributed by atoms with Gasteiger partial charge in [0.05, 0.1) is 36.9 Å². The van der Waals surface area contributed by atoms with Gasteiger partial charge < -0.3 is 10.1 Å². The van der Waals surface area contributed by atoms with Crippen molar-refractivity contribution in [3.05, 3.63) is 77.9 Å². The SMILES string of the molecule is O=C1OC(Cn2ccnn2)CN1c1ccc(-c2ccc(CNCc3cn[nH]n3)cc2)c(F)c1F. The Balaban J connectivity index is 1.27. The number of benzene rings is 2. The predicted molar refractivity (Wildman–Crippen MR) is 116 cm³/mol. The second kappa shape index (κ2) is 9.35. The van der Waals surface area contributed by atoms with Gasteiger partial charge in [-0.05, 0) is 23.3 Å². The second-order valence-corrected chi connectivity index (χ2v) is 7.76. The topological polar surface area (TPSA) is 114 Å². The lowest BCUT2D eigenvalue weighted by atomic mass is 10.0. The molecule has 1 aliphatic heterocycles. The van der Waals surface area contributed by atoms with Gasteiger partial charge in [0, 0.05) is 24.8 Å². The van der Waals surface area contributed by atoms with Gasteiger partial charge in [-0.3, -0.25) is 4.90 Å². The zero-order valence-corrected chi connectivity index (χ0v) is 17.9. The zero-order chi connectivity index (χ0) is 23.5. The Morgan fingerprint density at radius 2 is 1.97 bits per heavy atom. The minimum Gasteiger partial charge on any atom is -0.442 e. The Morgan fingerprint density at radius 1 is 1.12 bits per heavy atom. The third-order valence-corrected chi connectivity index (χ3v) is 5.45. The Kier molecular flexibility index (Phi) is 5.95. The van der Waals surface area contributed by atoms with E-state index in [1.807, 2.05) is 12.1 Å². The van der Waals surface area contributed by atoms with Gasteiger partial charge in [0.2, 0.25) is 0 Å². The fourth-order valence-electron chi connectivity index (χ4n) is 3.77. The van der Waals surface area contributed by atoms with Crippen LogP contribution in [0.15, 0.2) is 55.0 Å². The fourth-order valence-corrected chi connectivity index (χ4v) is 3.77. The molecule has 1 unspecified atom stereocenters. The highest BCUT2D eigenvalue weighted by atomic mass is 19.2. The van der Waals surface area contributed by atoms with E-state index in [-0.39, 0.29) is 24.3 Å². The van der Waals surface area contributed by atoms with Crippen LogP contribution in [0.3, 0.4) is 0 Å². The highest BCUT2D eigenvalue weighted by molar-refractivity contribution is 5.90. The van der Waals surface area contributed by atoms with Crippen molar-refractivity contribution < 1.29 is 18.3 Å². The van der Waals surface area contributed by atoms with Crippen molar-refractivity contribution >= 4 is 11.8 Å². The molecule has 2 aromatic heterocycles. The van der Waals surface area contributed by atoms with Crippen molar-refractivity contribution in [3.8, 4) is 11.1 Å². The smallest absolute Gasteiger partial charge is 0.414 e. The lowest BCUT2D eigenvalue weighted by Gasteiger charge is -2.16. The molecule has 1 atom stereocenters. The molecule has 174 valence electrons. The summed E-state index contributed by atoms with van der Waals surface area (Å²) < 4.78 is 36.8. The quantitative estimate of drug-likeness (QED) is 0.410. The molecule has 2 N–H and O–H groups in total. The van der Waals surface area contributed by atoms with Gasteiger partial charge in [-0.25, -0.2) is 18.3 Å². The van der Waals surface area contributed by atoms with E-state index >= 15 is 0 Å². The number of carbonyl (C=O) groups excluding carboxylic acids is 1. The Bertz CT molecular complexity index is 1260. The van der Waals surface area contributed by atoms with E-state index in [9.17, 15) is 13.6 Å². The van der Waals surface area contributed by atoms with E-state index in [2.05, 4.69) is 31.0 Å². The molecule has 0 bridgehead atoms. The van der Waals surface area contributed by atoms with Gasteiger partial charge in [-0.1, -0.05) is 29.5 Å². The Hall–Kier alpha value is -4.19. The lowest BCUT2D eigenvalue weighted by Crippen LogP contribution is -2.27. The molecule has 34 heavy (non-hydrogen) atoms. The zero-order valence-electron chi connectivity index (χ0n) is 17.9. The van der Waals surface area contributed by atoms with Crippen LogP contribution in [-0.4, -0.2) is 49.1 Å². The van der Waals surface area contributed by atoms with Crippen molar-refractivity contribution in [1.29, 1.82) is 0 Å². The normalized spacial score (nSPS) is 15.6. The first-order valence-electron chi connectivity index (χ1n) is 10.5. The number of aromatic amines is 1. The number of carbonyl (C=O) groups is 1. The maximum Gasteiger partial charge on any atom is 0.414 e. The maximum absolute atomic E-state index is 15.0. The second-order valence-electron chi connectivity index (χ2n) is 7.76. The molecular weight excluding hydrogens is 446 g/mol. The number of hydrogen-bond acceptors (Lipinski definition) is 7. The largest absolute Gasteiger partial charge is 0.442 e. The van der Waals surface area contributed by atoms with Crippen LogP contribution in [0.4, 0.5) is 19.3 Å². The summed E-state index contributed by atoms with van der Waals surface area (Å²) >= 11 is 0. The highest BCUT2D eigenvalue weighted by Crippen LogP contribution is 2.32. The monoisotopic (exact) mass is 466 g/mol. The van der Waals surface area contributed by atoms with E-state index in [1.54, 1.807) is 24.5 Å². The van der Waals surface area contributed by atoms with Gasteiger partial charge in [-0.15, -0.1) is 5.10 Å². The number of anilines is 1. The summed E-state index contributed by atoms with van der Waals surface area (Å²) in [6.45, 7) is 1.47. The summed E-state index contributed by atoms with van der Waals surface area (Å²) in [4.78, 5) is 13.4. The number of amides is 1. The van der Waals surface area contributed by atoms with Crippen LogP contribution in [-0.2, 0) is 24.4 Å². The molecule has 10 nitrogen and oxygen atoms in total. The molecule has 1 aliphatic rings. The molecule has 0 aliphatic carbocycles. The first-order chi connectivity index (χ1) is 16.6. The number of ether oxygens (including phenoxy) is 1.